The Balaban J connectivity index is 1.04. The van der Waals surface area contributed by atoms with Crippen molar-refractivity contribution in [3.63, 3.8) is 0 Å². The standard InChI is InChI=1S/C39H42N6O2/c40-36(46)22-13-23-37(47)45(26-11-9-24-41-38-28-14-1-5-18-32(28)43-33-19-6-2-15-29(33)38)27-12-10-25-42-39-30-16-3-7-20-34(30)44-35-21-8-4-17-31(35)39/h1-8,14-21H,9-13,22-27H2,(H2,40,46)(H,41,43)(H,42,44). The molecule has 4 N–H and O–H groups in total. The van der Waals surface area contributed by atoms with Crippen LogP contribution in [0.3, 0.4) is 0 Å². The van der Waals surface area contributed by atoms with Crippen molar-refractivity contribution in [2.45, 2.75) is 44.9 Å². The molecule has 2 amide bonds. The van der Waals surface area contributed by atoms with Gasteiger partial charge in [-0.2, -0.15) is 0 Å². The van der Waals surface area contributed by atoms with Gasteiger partial charge in [-0.25, -0.2) is 9.97 Å². The van der Waals surface area contributed by atoms with E-state index in [4.69, 9.17) is 15.7 Å². The molecule has 0 saturated heterocycles. The highest BCUT2D eigenvalue weighted by Gasteiger charge is 2.14. The fraction of sp³-hybridized carbons (Fsp3) is 0.282. The number of aromatic nitrogens is 2. The summed E-state index contributed by atoms with van der Waals surface area (Å²) in [6.07, 6.45) is 4.64. The van der Waals surface area contributed by atoms with Gasteiger partial charge in [0.05, 0.1) is 33.4 Å². The summed E-state index contributed by atoms with van der Waals surface area (Å²) in [7, 11) is 0. The van der Waals surface area contributed by atoms with Crippen molar-refractivity contribution < 1.29 is 9.59 Å². The number of nitrogens with two attached hydrogens (primary N) is 1. The van der Waals surface area contributed by atoms with Gasteiger partial charge in [0.15, 0.2) is 0 Å². The smallest absolute Gasteiger partial charge is 0.222 e. The zero-order chi connectivity index (χ0) is 32.4. The van der Waals surface area contributed by atoms with Crippen LogP contribution in [0.4, 0.5) is 11.4 Å². The van der Waals surface area contributed by atoms with Crippen molar-refractivity contribution in [1.29, 1.82) is 0 Å². The Hall–Kier alpha value is -5.24. The summed E-state index contributed by atoms with van der Waals surface area (Å²) in [5, 5.41) is 11.8. The quantitative estimate of drug-likeness (QED) is 0.0751. The van der Waals surface area contributed by atoms with Crippen LogP contribution in [0, 0.1) is 0 Å². The van der Waals surface area contributed by atoms with Crippen LogP contribution in [-0.2, 0) is 9.59 Å². The summed E-state index contributed by atoms with van der Waals surface area (Å²) < 4.78 is 0. The molecule has 2 aromatic heterocycles. The molecule has 0 atom stereocenters. The molecule has 0 spiro atoms. The molecule has 0 bridgehead atoms. The molecule has 47 heavy (non-hydrogen) atoms. The number of hydrogen-bond donors (Lipinski definition) is 3. The second-order valence-electron chi connectivity index (χ2n) is 12.0. The average molecular weight is 627 g/mol. The number of fused-ring (bicyclic) bond motifs is 4. The van der Waals surface area contributed by atoms with E-state index in [0.29, 0.717) is 25.9 Å². The topological polar surface area (TPSA) is 113 Å². The maximum absolute atomic E-state index is 13.2. The first kappa shape index (κ1) is 31.7. The van der Waals surface area contributed by atoms with Gasteiger partial charge in [0, 0.05) is 60.6 Å². The van der Waals surface area contributed by atoms with Gasteiger partial charge in [0.1, 0.15) is 0 Å². The number of nitrogens with zero attached hydrogens (tertiary/aromatic N) is 3. The molecule has 0 fully saturated rings. The van der Waals surface area contributed by atoms with Crippen LogP contribution in [0.5, 0.6) is 0 Å². The van der Waals surface area contributed by atoms with Crippen molar-refractivity contribution in [1.82, 2.24) is 14.9 Å². The predicted molar refractivity (Wildman–Crippen MR) is 194 cm³/mol. The second kappa shape index (κ2) is 15.4. The minimum absolute atomic E-state index is 0.0874. The van der Waals surface area contributed by atoms with E-state index in [1.165, 1.54) is 0 Å². The number of unbranched alkanes of at least 4 members (excludes halogenated alkanes) is 2. The molecule has 6 aromatic rings. The summed E-state index contributed by atoms with van der Waals surface area (Å²) in [4.78, 5) is 36.1. The first-order valence-corrected chi connectivity index (χ1v) is 16.7. The molecule has 240 valence electrons. The Bertz CT molecular complexity index is 1770. The Morgan fingerprint density at radius 3 is 1.30 bits per heavy atom. The number of carbonyl (C=O) groups excluding carboxylic acids is 2. The van der Waals surface area contributed by atoms with E-state index in [2.05, 4.69) is 34.9 Å². The SMILES string of the molecule is NC(=O)CCCC(=O)N(CCCCNc1c2ccccc2nc2ccccc12)CCCCNc1c2ccccc2nc2ccccc12. The van der Waals surface area contributed by atoms with Crippen molar-refractivity contribution in [3.05, 3.63) is 97.1 Å². The Morgan fingerprint density at radius 2 is 0.915 bits per heavy atom. The number of para-hydroxylation sites is 4. The molecule has 0 saturated carbocycles. The zero-order valence-corrected chi connectivity index (χ0v) is 26.8. The number of benzene rings is 4. The fourth-order valence-corrected chi connectivity index (χ4v) is 6.28. The maximum atomic E-state index is 13.2. The zero-order valence-electron chi connectivity index (χ0n) is 26.8. The van der Waals surface area contributed by atoms with E-state index < -0.39 is 0 Å². The lowest BCUT2D eigenvalue weighted by atomic mass is 10.1. The Labute approximate surface area is 275 Å². The van der Waals surface area contributed by atoms with E-state index in [1.807, 2.05) is 77.7 Å². The number of amides is 2. The molecule has 4 aromatic carbocycles. The van der Waals surface area contributed by atoms with Gasteiger partial charge in [-0.05, 0) is 56.4 Å². The lowest BCUT2D eigenvalue weighted by Gasteiger charge is -2.23. The highest BCUT2D eigenvalue weighted by molar-refractivity contribution is 6.08. The molecule has 0 aliphatic carbocycles. The molecule has 0 aliphatic heterocycles. The van der Waals surface area contributed by atoms with Crippen LogP contribution in [0.15, 0.2) is 97.1 Å². The second-order valence-corrected chi connectivity index (χ2v) is 12.0. The summed E-state index contributed by atoms with van der Waals surface area (Å²) in [5.41, 5.74) is 11.4. The summed E-state index contributed by atoms with van der Waals surface area (Å²) >= 11 is 0. The molecule has 0 unspecified atom stereocenters. The van der Waals surface area contributed by atoms with Crippen LogP contribution in [0.2, 0.25) is 0 Å². The normalized spacial score (nSPS) is 11.3. The van der Waals surface area contributed by atoms with Gasteiger partial charge >= 0.3 is 0 Å². The lowest BCUT2D eigenvalue weighted by Crippen LogP contribution is -2.33. The molecule has 0 radical (unpaired) electrons. The third kappa shape index (κ3) is 7.77. The number of nitrogens with one attached hydrogen (secondary N) is 2. The summed E-state index contributed by atoms with van der Waals surface area (Å²) in [6.45, 7) is 2.95. The molecule has 2 heterocycles. The number of primary amides is 1. The van der Waals surface area contributed by atoms with Gasteiger partial charge < -0.3 is 21.3 Å². The van der Waals surface area contributed by atoms with Crippen LogP contribution in [-0.4, -0.2) is 52.9 Å². The number of carbonyl (C=O) groups is 2. The van der Waals surface area contributed by atoms with Crippen molar-refractivity contribution in [2.75, 3.05) is 36.8 Å². The highest BCUT2D eigenvalue weighted by atomic mass is 16.2. The van der Waals surface area contributed by atoms with Gasteiger partial charge in [-0.1, -0.05) is 72.8 Å². The third-order valence-electron chi connectivity index (χ3n) is 8.66. The fourth-order valence-electron chi connectivity index (χ4n) is 6.28. The van der Waals surface area contributed by atoms with E-state index in [1.54, 1.807) is 0 Å². The molecular formula is C39H42N6O2. The number of pyridine rings is 2. The monoisotopic (exact) mass is 626 g/mol. The Morgan fingerprint density at radius 1 is 0.532 bits per heavy atom. The largest absolute Gasteiger partial charge is 0.384 e. The molecule has 0 aliphatic rings. The van der Waals surface area contributed by atoms with E-state index in [9.17, 15) is 9.59 Å². The summed E-state index contributed by atoms with van der Waals surface area (Å²) in [5.74, 6) is -0.279. The minimum Gasteiger partial charge on any atom is -0.384 e. The van der Waals surface area contributed by atoms with E-state index >= 15 is 0 Å². The first-order valence-electron chi connectivity index (χ1n) is 16.7. The predicted octanol–water partition coefficient (Wildman–Crippen LogP) is 7.66. The lowest BCUT2D eigenvalue weighted by molar-refractivity contribution is -0.131. The minimum atomic E-state index is -0.367. The van der Waals surface area contributed by atoms with Crippen LogP contribution in [0.25, 0.3) is 43.6 Å². The number of rotatable bonds is 16. The maximum Gasteiger partial charge on any atom is 0.222 e. The molecule has 8 heteroatoms. The van der Waals surface area contributed by atoms with E-state index in [-0.39, 0.29) is 18.2 Å². The number of anilines is 2. The molecule has 6 rings (SSSR count). The third-order valence-corrected chi connectivity index (χ3v) is 8.66. The van der Waals surface area contributed by atoms with Gasteiger partial charge in [-0.3, -0.25) is 9.59 Å². The van der Waals surface area contributed by atoms with Gasteiger partial charge in [-0.15, -0.1) is 0 Å². The molecular weight excluding hydrogens is 584 g/mol. The highest BCUT2D eigenvalue weighted by Crippen LogP contribution is 2.32. The van der Waals surface area contributed by atoms with Gasteiger partial charge in [0.2, 0.25) is 11.8 Å². The molecule has 8 nitrogen and oxygen atoms in total. The van der Waals surface area contributed by atoms with Crippen LogP contribution in [0.1, 0.15) is 44.9 Å². The Kier molecular flexibility index (Phi) is 10.4. The average Bonchev–Trinajstić information content (AvgIpc) is 3.09. The van der Waals surface area contributed by atoms with Crippen LogP contribution < -0.4 is 16.4 Å². The number of hydrogen-bond acceptors (Lipinski definition) is 6. The van der Waals surface area contributed by atoms with E-state index in [0.717, 1.165) is 93.8 Å². The first-order chi connectivity index (χ1) is 23.1. The van der Waals surface area contributed by atoms with Crippen molar-refractivity contribution in [3.8, 4) is 0 Å². The van der Waals surface area contributed by atoms with Crippen molar-refractivity contribution in [2.24, 2.45) is 5.73 Å². The van der Waals surface area contributed by atoms with Crippen LogP contribution >= 0.6 is 0 Å². The van der Waals surface area contributed by atoms with Crippen molar-refractivity contribution >= 4 is 66.8 Å². The van der Waals surface area contributed by atoms with Gasteiger partial charge in [0.25, 0.3) is 0 Å². The summed E-state index contributed by atoms with van der Waals surface area (Å²) in [6, 6.07) is 32.9.